The molecule has 2 aromatic carbocycles. The van der Waals surface area contributed by atoms with Gasteiger partial charge in [0.2, 0.25) is 0 Å². The number of carbonyl (C=O) groups is 2. The van der Waals surface area contributed by atoms with Crippen molar-refractivity contribution < 1.29 is 19.4 Å². The van der Waals surface area contributed by atoms with E-state index in [4.69, 9.17) is 4.74 Å². The van der Waals surface area contributed by atoms with Crippen LogP contribution in [0.1, 0.15) is 50.7 Å². The Morgan fingerprint density at radius 3 is 2.14 bits per heavy atom. The van der Waals surface area contributed by atoms with E-state index in [1.54, 1.807) is 0 Å². The SMILES string of the molecule is CCN1CCC(NC[C@@H](NC(=O)OCC2c3ccccc3-c3ccccc32)C(C)C)(C(=O)O)CC1. The van der Waals surface area contributed by atoms with Gasteiger partial charge in [-0.3, -0.25) is 10.1 Å². The molecular formula is C28H37N3O4. The monoisotopic (exact) mass is 479 g/mol. The van der Waals surface area contributed by atoms with Crippen molar-refractivity contribution in [3.05, 3.63) is 59.7 Å². The van der Waals surface area contributed by atoms with Crippen LogP contribution in [0.5, 0.6) is 0 Å². The third-order valence-corrected chi connectivity index (χ3v) is 7.68. The maximum Gasteiger partial charge on any atom is 0.407 e. The van der Waals surface area contributed by atoms with Crippen LogP contribution in [0.2, 0.25) is 0 Å². The molecule has 1 fully saturated rings. The smallest absolute Gasteiger partial charge is 0.407 e. The van der Waals surface area contributed by atoms with Gasteiger partial charge in [-0.05, 0) is 47.6 Å². The minimum Gasteiger partial charge on any atom is -0.480 e. The summed E-state index contributed by atoms with van der Waals surface area (Å²) in [5.74, 6) is -0.704. The molecule has 1 atom stereocenters. The number of hydrogen-bond donors (Lipinski definition) is 3. The lowest BCUT2D eigenvalue weighted by molar-refractivity contribution is -0.147. The quantitative estimate of drug-likeness (QED) is 0.502. The van der Waals surface area contributed by atoms with Gasteiger partial charge in [-0.25, -0.2) is 4.79 Å². The molecule has 4 rings (SSSR count). The highest BCUT2D eigenvalue weighted by Gasteiger charge is 2.41. The standard InChI is InChI=1S/C28H37N3O4/c1-4-31-15-13-28(14-16-31,26(32)33)29-17-25(19(2)3)30-27(34)35-18-24-22-11-7-5-9-20(22)21-10-6-8-12-23(21)24/h5-12,19,24-25,29H,4,13-18H2,1-3H3,(H,30,34)(H,32,33)/t25-/m1/s1. The van der Waals surface area contributed by atoms with E-state index in [2.05, 4.69) is 46.7 Å². The van der Waals surface area contributed by atoms with Gasteiger partial charge in [0.05, 0.1) is 0 Å². The van der Waals surface area contributed by atoms with Crippen LogP contribution in [-0.4, -0.2) is 66.4 Å². The molecule has 0 spiro atoms. The van der Waals surface area contributed by atoms with Gasteiger partial charge in [0.15, 0.2) is 0 Å². The maximum atomic E-state index is 12.8. The zero-order valence-electron chi connectivity index (χ0n) is 20.9. The third-order valence-electron chi connectivity index (χ3n) is 7.68. The molecule has 1 aliphatic heterocycles. The molecule has 0 unspecified atom stereocenters. The zero-order chi connectivity index (χ0) is 25.0. The second-order valence-electron chi connectivity index (χ2n) is 10.0. The second kappa shape index (κ2) is 10.8. The number of nitrogens with one attached hydrogen (secondary N) is 2. The number of likely N-dealkylation sites (tertiary alicyclic amines) is 1. The van der Waals surface area contributed by atoms with Gasteiger partial charge in [0.1, 0.15) is 12.1 Å². The summed E-state index contributed by atoms with van der Waals surface area (Å²) in [6.45, 7) is 9.18. The van der Waals surface area contributed by atoms with E-state index in [0.29, 0.717) is 19.4 Å². The van der Waals surface area contributed by atoms with Crippen molar-refractivity contribution in [3.8, 4) is 11.1 Å². The number of carbonyl (C=O) groups excluding carboxylic acids is 1. The Hall–Kier alpha value is -2.90. The fraction of sp³-hybridized carbons (Fsp3) is 0.500. The third kappa shape index (κ3) is 5.36. The molecule has 0 aromatic heterocycles. The highest BCUT2D eigenvalue weighted by Crippen LogP contribution is 2.44. The van der Waals surface area contributed by atoms with Crippen LogP contribution in [0.3, 0.4) is 0 Å². The summed E-state index contributed by atoms with van der Waals surface area (Å²) in [4.78, 5) is 27.2. The van der Waals surface area contributed by atoms with Crippen molar-refractivity contribution in [2.24, 2.45) is 5.92 Å². The molecular weight excluding hydrogens is 442 g/mol. The summed E-state index contributed by atoms with van der Waals surface area (Å²) in [6, 6.07) is 16.3. The number of piperidine rings is 1. The molecule has 1 aliphatic carbocycles. The molecule has 0 saturated carbocycles. The molecule has 1 heterocycles. The molecule has 1 saturated heterocycles. The first kappa shape index (κ1) is 25.2. The number of amides is 1. The topological polar surface area (TPSA) is 90.9 Å². The fourth-order valence-electron chi connectivity index (χ4n) is 5.27. The lowest BCUT2D eigenvalue weighted by Gasteiger charge is -2.40. The summed E-state index contributed by atoms with van der Waals surface area (Å²) in [5, 5.41) is 16.2. The lowest BCUT2D eigenvalue weighted by atomic mass is 9.86. The fourth-order valence-corrected chi connectivity index (χ4v) is 5.27. The number of nitrogens with zero attached hydrogens (tertiary/aromatic N) is 1. The van der Waals surface area contributed by atoms with Crippen LogP contribution in [0.4, 0.5) is 4.79 Å². The van der Waals surface area contributed by atoms with E-state index in [-0.39, 0.29) is 24.5 Å². The Morgan fingerprint density at radius 2 is 1.63 bits per heavy atom. The lowest BCUT2D eigenvalue weighted by Crippen LogP contribution is -2.61. The zero-order valence-corrected chi connectivity index (χ0v) is 20.9. The van der Waals surface area contributed by atoms with Crippen molar-refractivity contribution in [1.29, 1.82) is 0 Å². The van der Waals surface area contributed by atoms with Crippen LogP contribution >= 0.6 is 0 Å². The Labute approximate surface area is 207 Å². The average molecular weight is 480 g/mol. The molecule has 0 bridgehead atoms. The van der Waals surface area contributed by atoms with Crippen molar-refractivity contribution in [2.45, 2.75) is 51.1 Å². The molecule has 188 valence electrons. The molecule has 3 N–H and O–H groups in total. The number of alkyl carbamates (subject to hydrolysis) is 1. The van der Waals surface area contributed by atoms with E-state index < -0.39 is 17.6 Å². The van der Waals surface area contributed by atoms with Gasteiger partial charge in [-0.2, -0.15) is 0 Å². The Balaban J connectivity index is 1.36. The minimum absolute atomic E-state index is 0.00260. The summed E-state index contributed by atoms with van der Waals surface area (Å²) >= 11 is 0. The van der Waals surface area contributed by atoms with Gasteiger partial charge in [0.25, 0.3) is 0 Å². The summed E-state index contributed by atoms with van der Waals surface area (Å²) < 4.78 is 5.71. The first-order valence-corrected chi connectivity index (χ1v) is 12.7. The van der Waals surface area contributed by atoms with Crippen LogP contribution in [-0.2, 0) is 9.53 Å². The van der Waals surface area contributed by atoms with Gasteiger partial charge in [-0.1, -0.05) is 69.3 Å². The van der Waals surface area contributed by atoms with Gasteiger partial charge < -0.3 is 20.1 Å². The Bertz CT molecular complexity index is 1000. The number of hydrogen-bond acceptors (Lipinski definition) is 5. The number of benzene rings is 2. The van der Waals surface area contributed by atoms with E-state index in [0.717, 1.165) is 19.6 Å². The van der Waals surface area contributed by atoms with E-state index >= 15 is 0 Å². The molecule has 1 amide bonds. The summed E-state index contributed by atoms with van der Waals surface area (Å²) in [6.07, 6.45) is 0.621. The predicted octanol–water partition coefficient (Wildman–Crippen LogP) is 4.08. The van der Waals surface area contributed by atoms with Crippen molar-refractivity contribution in [3.63, 3.8) is 0 Å². The number of fused-ring (bicyclic) bond motifs is 3. The first-order chi connectivity index (χ1) is 16.8. The minimum atomic E-state index is -0.957. The normalized spacial score (nSPS) is 18.1. The number of carboxylic acid groups (broad SMARTS) is 1. The van der Waals surface area contributed by atoms with Gasteiger partial charge in [0, 0.05) is 31.6 Å². The van der Waals surface area contributed by atoms with Crippen LogP contribution < -0.4 is 10.6 Å². The molecule has 2 aromatic rings. The number of ether oxygens (including phenoxy) is 1. The predicted molar refractivity (Wildman–Crippen MR) is 137 cm³/mol. The van der Waals surface area contributed by atoms with E-state index in [9.17, 15) is 14.7 Å². The Kier molecular flexibility index (Phi) is 7.77. The van der Waals surface area contributed by atoms with Crippen molar-refractivity contribution >= 4 is 12.1 Å². The molecule has 2 aliphatic rings. The maximum absolute atomic E-state index is 12.8. The van der Waals surface area contributed by atoms with Gasteiger partial charge >= 0.3 is 12.1 Å². The highest BCUT2D eigenvalue weighted by atomic mass is 16.5. The number of rotatable bonds is 9. The van der Waals surface area contributed by atoms with Crippen LogP contribution in [0, 0.1) is 5.92 Å². The molecule has 7 nitrogen and oxygen atoms in total. The summed E-state index contributed by atoms with van der Waals surface area (Å²) in [7, 11) is 0. The molecule has 35 heavy (non-hydrogen) atoms. The van der Waals surface area contributed by atoms with Crippen LogP contribution in [0.15, 0.2) is 48.5 Å². The first-order valence-electron chi connectivity index (χ1n) is 12.7. The van der Waals surface area contributed by atoms with Crippen molar-refractivity contribution in [2.75, 3.05) is 32.8 Å². The number of carboxylic acids is 1. The summed E-state index contributed by atoms with van der Waals surface area (Å²) in [5.41, 5.74) is 3.77. The highest BCUT2D eigenvalue weighted by molar-refractivity contribution is 5.79. The van der Waals surface area contributed by atoms with Crippen LogP contribution in [0.25, 0.3) is 11.1 Å². The number of aliphatic carboxylic acids is 1. The molecule has 7 heteroatoms. The second-order valence-corrected chi connectivity index (χ2v) is 10.0. The van der Waals surface area contributed by atoms with E-state index in [1.807, 2.05) is 38.1 Å². The van der Waals surface area contributed by atoms with Gasteiger partial charge in [-0.15, -0.1) is 0 Å². The average Bonchev–Trinajstić information content (AvgIpc) is 3.19. The van der Waals surface area contributed by atoms with Crippen molar-refractivity contribution in [1.82, 2.24) is 15.5 Å². The Morgan fingerprint density at radius 1 is 1.06 bits per heavy atom. The largest absolute Gasteiger partial charge is 0.480 e. The molecule has 0 radical (unpaired) electrons. The van der Waals surface area contributed by atoms with E-state index in [1.165, 1.54) is 22.3 Å².